The number of aromatic nitrogens is 3. The van der Waals surface area contributed by atoms with Gasteiger partial charge < -0.3 is 19.3 Å². The number of benzene rings is 1. The maximum atomic E-state index is 12.7. The SMILES string of the molecule is O=C(CCC1CCN(CCn2cnnc2)CC1)N1CCN(c2ccccc2)CC1. The first-order valence-electron chi connectivity index (χ1n) is 10.9. The molecule has 0 bridgehead atoms. The smallest absolute Gasteiger partial charge is 0.222 e. The third-order valence-corrected chi connectivity index (χ3v) is 6.37. The van der Waals surface area contributed by atoms with Gasteiger partial charge in [0.2, 0.25) is 5.91 Å². The van der Waals surface area contributed by atoms with Crippen molar-refractivity contribution >= 4 is 11.6 Å². The Morgan fingerprint density at radius 3 is 2.28 bits per heavy atom. The van der Waals surface area contributed by atoms with Crippen LogP contribution in [0.2, 0.25) is 0 Å². The molecule has 0 spiro atoms. The van der Waals surface area contributed by atoms with Gasteiger partial charge in [0, 0.05) is 51.4 Å². The molecule has 7 nitrogen and oxygen atoms in total. The standard InChI is InChI=1S/C22H32N6O/c29-22(28-16-14-27(15-17-28)21-4-2-1-3-5-21)7-6-20-8-10-25(11-9-20)12-13-26-18-23-24-19-26/h1-5,18-20H,6-17H2. The fourth-order valence-electron chi connectivity index (χ4n) is 4.43. The lowest BCUT2D eigenvalue weighted by Crippen LogP contribution is -2.48. The molecule has 2 aliphatic heterocycles. The second-order valence-electron chi connectivity index (χ2n) is 8.23. The molecule has 1 aromatic carbocycles. The highest BCUT2D eigenvalue weighted by atomic mass is 16.2. The lowest BCUT2D eigenvalue weighted by atomic mass is 9.92. The quantitative estimate of drug-likeness (QED) is 0.718. The van der Waals surface area contributed by atoms with Gasteiger partial charge in [-0.15, -0.1) is 10.2 Å². The number of piperazine rings is 1. The molecule has 0 atom stereocenters. The zero-order chi connectivity index (χ0) is 19.9. The molecule has 0 radical (unpaired) electrons. The highest BCUT2D eigenvalue weighted by molar-refractivity contribution is 5.76. The van der Waals surface area contributed by atoms with E-state index in [1.165, 1.54) is 18.5 Å². The predicted molar refractivity (Wildman–Crippen MR) is 114 cm³/mol. The summed E-state index contributed by atoms with van der Waals surface area (Å²) in [5, 5.41) is 7.71. The summed E-state index contributed by atoms with van der Waals surface area (Å²) in [7, 11) is 0. The van der Waals surface area contributed by atoms with Crippen molar-refractivity contribution in [3.63, 3.8) is 0 Å². The number of hydrogen-bond donors (Lipinski definition) is 0. The van der Waals surface area contributed by atoms with Crippen LogP contribution in [0.3, 0.4) is 0 Å². The Morgan fingerprint density at radius 2 is 1.59 bits per heavy atom. The van der Waals surface area contributed by atoms with Gasteiger partial charge in [-0.3, -0.25) is 4.79 Å². The van der Waals surface area contributed by atoms with Crippen molar-refractivity contribution in [2.45, 2.75) is 32.2 Å². The summed E-state index contributed by atoms with van der Waals surface area (Å²) in [6.07, 6.45) is 7.71. The number of carbonyl (C=O) groups excluding carboxylic acids is 1. The Labute approximate surface area is 173 Å². The normalized spacial score (nSPS) is 18.9. The fourth-order valence-corrected chi connectivity index (χ4v) is 4.43. The van der Waals surface area contributed by atoms with Crippen molar-refractivity contribution < 1.29 is 4.79 Å². The van der Waals surface area contributed by atoms with Crippen molar-refractivity contribution in [2.24, 2.45) is 5.92 Å². The third-order valence-electron chi connectivity index (χ3n) is 6.37. The predicted octanol–water partition coefficient (Wildman–Crippen LogP) is 2.12. The molecule has 156 valence electrons. The van der Waals surface area contributed by atoms with Gasteiger partial charge in [-0.25, -0.2) is 0 Å². The van der Waals surface area contributed by atoms with Crippen LogP contribution in [-0.4, -0.2) is 76.3 Å². The minimum Gasteiger partial charge on any atom is -0.368 e. The summed E-state index contributed by atoms with van der Waals surface area (Å²) in [5.74, 6) is 1.03. The van der Waals surface area contributed by atoms with Gasteiger partial charge in [0.15, 0.2) is 0 Å². The summed E-state index contributed by atoms with van der Waals surface area (Å²) in [4.78, 5) is 19.6. The minimum atomic E-state index is 0.341. The van der Waals surface area contributed by atoms with E-state index in [1.807, 2.05) is 10.6 Å². The largest absolute Gasteiger partial charge is 0.368 e. The van der Waals surface area contributed by atoms with Gasteiger partial charge in [0.05, 0.1) is 0 Å². The van der Waals surface area contributed by atoms with E-state index in [0.29, 0.717) is 18.2 Å². The number of likely N-dealkylation sites (tertiary alicyclic amines) is 1. The summed E-state index contributed by atoms with van der Waals surface area (Å²) >= 11 is 0. The Kier molecular flexibility index (Phi) is 6.77. The topological polar surface area (TPSA) is 57.5 Å². The van der Waals surface area contributed by atoms with Crippen LogP contribution in [-0.2, 0) is 11.3 Å². The molecule has 0 N–H and O–H groups in total. The highest BCUT2D eigenvalue weighted by Crippen LogP contribution is 2.23. The maximum Gasteiger partial charge on any atom is 0.222 e. The lowest BCUT2D eigenvalue weighted by molar-refractivity contribution is -0.131. The Balaban J connectivity index is 1.12. The van der Waals surface area contributed by atoms with Crippen LogP contribution in [0.5, 0.6) is 0 Å². The first-order valence-corrected chi connectivity index (χ1v) is 10.9. The molecule has 7 heteroatoms. The number of carbonyl (C=O) groups is 1. The number of amides is 1. The van der Waals surface area contributed by atoms with Crippen molar-refractivity contribution in [3.05, 3.63) is 43.0 Å². The van der Waals surface area contributed by atoms with E-state index >= 15 is 0 Å². The molecule has 2 saturated heterocycles. The molecule has 29 heavy (non-hydrogen) atoms. The van der Waals surface area contributed by atoms with Crippen LogP contribution in [0.25, 0.3) is 0 Å². The van der Waals surface area contributed by atoms with Crippen LogP contribution in [0.15, 0.2) is 43.0 Å². The van der Waals surface area contributed by atoms with Crippen molar-refractivity contribution in [2.75, 3.05) is 50.7 Å². The summed E-state index contributed by atoms with van der Waals surface area (Å²) in [5.41, 5.74) is 1.26. The van der Waals surface area contributed by atoms with Gasteiger partial charge in [-0.2, -0.15) is 0 Å². The van der Waals surface area contributed by atoms with Crippen molar-refractivity contribution in [3.8, 4) is 0 Å². The average molecular weight is 397 g/mol. The number of para-hydroxylation sites is 1. The second-order valence-corrected chi connectivity index (χ2v) is 8.23. The Morgan fingerprint density at radius 1 is 0.897 bits per heavy atom. The first-order chi connectivity index (χ1) is 14.3. The average Bonchev–Trinajstić information content (AvgIpc) is 3.31. The Bertz CT molecular complexity index is 734. The maximum absolute atomic E-state index is 12.7. The van der Waals surface area contributed by atoms with Crippen LogP contribution >= 0.6 is 0 Å². The van der Waals surface area contributed by atoms with E-state index in [2.05, 4.69) is 49.2 Å². The van der Waals surface area contributed by atoms with E-state index in [-0.39, 0.29) is 0 Å². The van der Waals surface area contributed by atoms with E-state index < -0.39 is 0 Å². The van der Waals surface area contributed by atoms with Gasteiger partial charge in [0.25, 0.3) is 0 Å². The van der Waals surface area contributed by atoms with Crippen LogP contribution in [0.4, 0.5) is 5.69 Å². The molecule has 2 aromatic rings. The molecule has 4 rings (SSSR count). The zero-order valence-electron chi connectivity index (χ0n) is 17.2. The monoisotopic (exact) mass is 396 g/mol. The number of anilines is 1. The molecular formula is C22H32N6O. The van der Waals surface area contributed by atoms with Gasteiger partial charge >= 0.3 is 0 Å². The number of rotatable bonds is 7. The Hall–Kier alpha value is -2.41. The van der Waals surface area contributed by atoms with Crippen molar-refractivity contribution in [1.82, 2.24) is 24.6 Å². The lowest BCUT2D eigenvalue weighted by Gasteiger charge is -2.36. The van der Waals surface area contributed by atoms with Crippen molar-refractivity contribution in [1.29, 1.82) is 0 Å². The highest BCUT2D eigenvalue weighted by Gasteiger charge is 2.24. The summed E-state index contributed by atoms with van der Waals surface area (Å²) in [6, 6.07) is 10.5. The van der Waals surface area contributed by atoms with E-state index in [1.54, 1.807) is 12.7 Å². The van der Waals surface area contributed by atoms with Gasteiger partial charge in [-0.05, 0) is 50.4 Å². The molecule has 1 amide bonds. The van der Waals surface area contributed by atoms with E-state index in [9.17, 15) is 4.79 Å². The third kappa shape index (κ3) is 5.56. The molecule has 0 aliphatic carbocycles. The molecular weight excluding hydrogens is 364 g/mol. The summed E-state index contributed by atoms with van der Waals surface area (Å²) in [6.45, 7) is 7.82. The molecule has 2 aliphatic rings. The zero-order valence-corrected chi connectivity index (χ0v) is 17.2. The molecule has 3 heterocycles. The van der Waals surface area contributed by atoms with E-state index in [4.69, 9.17) is 0 Å². The van der Waals surface area contributed by atoms with Gasteiger partial charge in [-0.1, -0.05) is 18.2 Å². The second kappa shape index (κ2) is 9.87. The summed E-state index contributed by atoms with van der Waals surface area (Å²) < 4.78 is 2.03. The minimum absolute atomic E-state index is 0.341. The first kappa shape index (κ1) is 19.9. The number of nitrogens with zero attached hydrogens (tertiary/aromatic N) is 6. The van der Waals surface area contributed by atoms with E-state index in [0.717, 1.165) is 58.8 Å². The van der Waals surface area contributed by atoms with Gasteiger partial charge in [0.1, 0.15) is 12.7 Å². The molecule has 0 saturated carbocycles. The molecule has 0 unspecified atom stereocenters. The van der Waals surface area contributed by atoms with Crippen LogP contribution in [0.1, 0.15) is 25.7 Å². The number of hydrogen-bond acceptors (Lipinski definition) is 5. The number of piperidine rings is 1. The molecule has 1 aromatic heterocycles. The van der Waals surface area contributed by atoms with Crippen LogP contribution in [0, 0.1) is 5.92 Å². The fraction of sp³-hybridized carbons (Fsp3) is 0.591. The van der Waals surface area contributed by atoms with Crippen LogP contribution < -0.4 is 4.90 Å². The molecule has 2 fully saturated rings.